The van der Waals surface area contributed by atoms with E-state index in [4.69, 9.17) is 10.5 Å². The molecule has 0 aliphatic heterocycles. The summed E-state index contributed by atoms with van der Waals surface area (Å²) in [5.74, 6) is 0.897. The maximum atomic E-state index is 11.2. The van der Waals surface area contributed by atoms with Gasteiger partial charge >= 0.3 is 0 Å². The number of nitrogens with two attached hydrogens (primary N) is 1. The Bertz CT molecular complexity index is 563. The Balaban J connectivity index is 0.00000400. The average Bonchev–Trinajstić information content (AvgIpc) is 2.44. The van der Waals surface area contributed by atoms with Crippen LogP contribution < -0.4 is 20.5 Å². The molecular formula is C12H21IN4O3S. The molecule has 0 aromatic heterocycles. The number of nitrogens with zero attached hydrogens (tertiary/aromatic N) is 1. The van der Waals surface area contributed by atoms with Crippen LogP contribution in [0, 0.1) is 0 Å². The largest absolute Gasteiger partial charge is 0.495 e. The third kappa shape index (κ3) is 7.48. The number of rotatable bonds is 7. The molecule has 0 saturated heterocycles. The van der Waals surface area contributed by atoms with Gasteiger partial charge in [-0.25, -0.2) is 13.1 Å². The summed E-state index contributed by atoms with van der Waals surface area (Å²) in [5.41, 5.74) is 6.42. The van der Waals surface area contributed by atoms with Gasteiger partial charge in [-0.2, -0.15) is 0 Å². The molecule has 1 aromatic rings. The number of aliphatic imine (C=N–C) groups is 1. The number of hydrogen-bond donors (Lipinski definition) is 3. The number of nitrogens with one attached hydrogen (secondary N) is 2. The third-order valence-corrected chi connectivity index (χ3v) is 3.87. The maximum absolute atomic E-state index is 11.2. The van der Waals surface area contributed by atoms with Crippen LogP contribution in [-0.2, 0) is 10.0 Å². The van der Waals surface area contributed by atoms with Crippen molar-refractivity contribution in [3.05, 3.63) is 24.3 Å². The van der Waals surface area contributed by atoms with Crippen LogP contribution in [-0.4, -0.2) is 40.3 Å². The van der Waals surface area contributed by atoms with Gasteiger partial charge in [0.15, 0.2) is 5.96 Å². The lowest BCUT2D eigenvalue weighted by molar-refractivity contribution is 0.417. The second-order valence-corrected chi connectivity index (χ2v) is 5.99. The van der Waals surface area contributed by atoms with Crippen LogP contribution in [0.4, 0.5) is 5.69 Å². The molecule has 0 amide bonds. The highest BCUT2D eigenvalue weighted by Gasteiger charge is 2.05. The molecule has 0 bridgehead atoms. The number of methoxy groups -OCH3 is 1. The fourth-order valence-corrected chi connectivity index (χ4v) is 2.01. The van der Waals surface area contributed by atoms with Gasteiger partial charge in [-0.05, 0) is 19.1 Å². The van der Waals surface area contributed by atoms with Crippen molar-refractivity contribution in [3.8, 4) is 5.75 Å². The first-order valence-corrected chi connectivity index (χ1v) is 7.81. The van der Waals surface area contributed by atoms with E-state index in [-0.39, 0.29) is 48.8 Å². The van der Waals surface area contributed by atoms with E-state index in [0.29, 0.717) is 11.4 Å². The zero-order valence-corrected chi connectivity index (χ0v) is 15.1. The minimum absolute atomic E-state index is 0. The van der Waals surface area contributed by atoms with E-state index < -0.39 is 10.0 Å². The molecule has 0 radical (unpaired) electrons. The number of sulfonamides is 1. The Hall–Kier alpha value is -1.07. The summed E-state index contributed by atoms with van der Waals surface area (Å²) in [5, 5.41) is 2.90. The lowest BCUT2D eigenvalue weighted by Crippen LogP contribution is -2.29. The summed E-state index contributed by atoms with van der Waals surface area (Å²) in [7, 11) is -1.62. The minimum Gasteiger partial charge on any atom is -0.495 e. The van der Waals surface area contributed by atoms with Gasteiger partial charge < -0.3 is 15.8 Å². The van der Waals surface area contributed by atoms with E-state index in [9.17, 15) is 8.42 Å². The van der Waals surface area contributed by atoms with Crippen LogP contribution in [0.3, 0.4) is 0 Å². The summed E-state index contributed by atoms with van der Waals surface area (Å²) >= 11 is 0. The third-order valence-electron chi connectivity index (χ3n) is 2.47. The van der Waals surface area contributed by atoms with E-state index >= 15 is 0 Å². The molecule has 7 nitrogen and oxygen atoms in total. The van der Waals surface area contributed by atoms with Crippen LogP contribution in [0.2, 0.25) is 0 Å². The highest BCUT2D eigenvalue weighted by Crippen LogP contribution is 2.22. The average molecular weight is 428 g/mol. The number of hydrogen-bond acceptors (Lipinski definition) is 4. The van der Waals surface area contributed by atoms with Crippen molar-refractivity contribution in [2.24, 2.45) is 10.7 Å². The van der Waals surface area contributed by atoms with E-state index in [0.717, 1.165) is 0 Å². The quantitative estimate of drug-likeness (QED) is 0.260. The lowest BCUT2D eigenvalue weighted by Gasteiger charge is -2.10. The number of benzene rings is 1. The molecule has 0 heterocycles. The van der Waals surface area contributed by atoms with Crippen LogP contribution in [0.25, 0.3) is 0 Å². The van der Waals surface area contributed by atoms with Crippen molar-refractivity contribution in [1.82, 2.24) is 4.72 Å². The smallest absolute Gasteiger partial charge is 0.211 e. The van der Waals surface area contributed by atoms with E-state index in [2.05, 4.69) is 15.0 Å². The Labute approximate surface area is 142 Å². The van der Waals surface area contributed by atoms with Crippen molar-refractivity contribution in [3.63, 3.8) is 0 Å². The van der Waals surface area contributed by atoms with Crippen molar-refractivity contribution in [2.75, 3.05) is 31.3 Å². The topological polar surface area (TPSA) is 106 Å². The normalized spacial score (nSPS) is 11.6. The van der Waals surface area contributed by atoms with Gasteiger partial charge in [-0.3, -0.25) is 4.99 Å². The molecule has 1 aromatic carbocycles. The number of ether oxygens (including phenoxy) is 1. The number of para-hydroxylation sites is 2. The minimum atomic E-state index is -3.19. The highest BCUT2D eigenvalue weighted by atomic mass is 127. The van der Waals surface area contributed by atoms with Crippen LogP contribution in [0.15, 0.2) is 29.3 Å². The first kappa shape index (κ1) is 19.9. The van der Waals surface area contributed by atoms with E-state index in [1.807, 2.05) is 12.1 Å². The van der Waals surface area contributed by atoms with Gasteiger partial charge in [0.1, 0.15) is 5.75 Å². The fraction of sp³-hybridized carbons (Fsp3) is 0.417. The van der Waals surface area contributed by atoms with Crippen molar-refractivity contribution in [2.45, 2.75) is 6.92 Å². The van der Waals surface area contributed by atoms with Crippen LogP contribution >= 0.6 is 24.0 Å². The van der Waals surface area contributed by atoms with E-state index in [1.165, 1.54) is 0 Å². The summed E-state index contributed by atoms with van der Waals surface area (Å²) in [6, 6.07) is 7.29. The second-order valence-electron chi connectivity index (χ2n) is 3.89. The highest BCUT2D eigenvalue weighted by molar-refractivity contribution is 14.0. The monoisotopic (exact) mass is 428 g/mol. The summed E-state index contributed by atoms with van der Waals surface area (Å²) < 4.78 is 30.0. The van der Waals surface area contributed by atoms with Gasteiger partial charge in [0.2, 0.25) is 10.0 Å². The molecule has 9 heteroatoms. The molecule has 4 N–H and O–H groups in total. The molecule has 0 saturated carbocycles. The van der Waals surface area contributed by atoms with Gasteiger partial charge in [0.05, 0.1) is 25.1 Å². The fourth-order valence-electron chi connectivity index (χ4n) is 1.40. The Morgan fingerprint density at radius 2 is 2.05 bits per heavy atom. The van der Waals surface area contributed by atoms with Crippen LogP contribution in [0.1, 0.15) is 6.92 Å². The molecule has 0 fully saturated rings. The van der Waals surface area contributed by atoms with Gasteiger partial charge in [-0.1, -0.05) is 12.1 Å². The molecule has 0 aliphatic carbocycles. The standard InChI is InChI=1S/C12H20N4O3S.HI/c1-3-20(17,18)15-9-8-14-12(13)16-10-6-4-5-7-11(10)19-2;/h4-7,15H,3,8-9H2,1-2H3,(H3,13,14,16);1H. The second kappa shape index (κ2) is 9.79. The molecular weight excluding hydrogens is 407 g/mol. The molecule has 0 atom stereocenters. The molecule has 0 unspecified atom stereocenters. The Morgan fingerprint density at radius 3 is 2.67 bits per heavy atom. The molecule has 120 valence electrons. The molecule has 0 spiro atoms. The predicted molar refractivity (Wildman–Crippen MR) is 96.0 cm³/mol. The van der Waals surface area contributed by atoms with Crippen molar-refractivity contribution < 1.29 is 13.2 Å². The zero-order valence-electron chi connectivity index (χ0n) is 12.0. The first-order chi connectivity index (χ1) is 9.48. The first-order valence-electron chi connectivity index (χ1n) is 6.16. The summed E-state index contributed by atoms with van der Waals surface area (Å²) in [6.45, 7) is 2.04. The summed E-state index contributed by atoms with van der Waals surface area (Å²) in [4.78, 5) is 4.03. The number of anilines is 1. The molecule has 0 aliphatic rings. The Kier molecular flexibility index (Phi) is 9.29. The van der Waals surface area contributed by atoms with Crippen molar-refractivity contribution in [1.29, 1.82) is 0 Å². The predicted octanol–water partition coefficient (Wildman–Crippen LogP) is 0.979. The van der Waals surface area contributed by atoms with Crippen molar-refractivity contribution >= 4 is 45.6 Å². The van der Waals surface area contributed by atoms with Gasteiger partial charge in [0, 0.05) is 6.54 Å². The lowest BCUT2D eigenvalue weighted by atomic mass is 10.3. The maximum Gasteiger partial charge on any atom is 0.211 e. The Morgan fingerprint density at radius 1 is 1.38 bits per heavy atom. The molecule has 1 rings (SSSR count). The van der Waals surface area contributed by atoms with Gasteiger partial charge in [0.25, 0.3) is 0 Å². The van der Waals surface area contributed by atoms with E-state index in [1.54, 1.807) is 26.2 Å². The number of halogens is 1. The number of guanidine groups is 1. The summed E-state index contributed by atoms with van der Waals surface area (Å²) in [6.07, 6.45) is 0. The SMILES string of the molecule is CCS(=O)(=O)NCCN=C(N)Nc1ccccc1OC.I. The zero-order chi connectivity index (χ0) is 15.0. The molecule has 21 heavy (non-hydrogen) atoms. The van der Waals surface area contributed by atoms with Crippen LogP contribution in [0.5, 0.6) is 5.75 Å². The van der Waals surface area contributed by atoms with Gasteiger partial charge in [-0.15, -0.1) is 24.0 Å².